The molecule has 0 amide bonds. The Balaban J connectivity index is 2.53. The number of terminal acetylenes is 1. The summed E-state index contributed by atoms with van der Waals surface area (Å²) in [6.45, 7) is 7.22. The van der Waals surface area contributed by atoms with Crippen molar-refractivity contribution in [3.8, 4) is 12.3 Å². The van der Waals surface area contributed by atoms with Crippen LogP contribution in [0.2, 0.25) is 0 Å². The van der Waals surface area contributed by atoms with E-state index in [0.29, 0.717) is 12.1 Å². The second-order valence-electron chi connectivity index (χ2n) is 3.83. The highest BCUT2D eigenvalue weighted by Crippen LogP contribution is 2.12. The molecule has 1 aromatic heterocycles. The molecule has 1 aromatic rings. The smallest absolute Gasteiger partial charge is 0.0537 e. The fraction of sp³-hybridized carbons (Fsp3) is 0.583. The van der Waals surface area contributed by atoms with Crippen LogP contribution in [-0.4, -0.2) is 15.8 Å². The van der Waals surface area contributed by atoms with Crippen LogP contribution in [0.25, 0.3) is 0 Å². The van der Waals surface area contributed by atoms with Crippen molar-refractivity contribution in [2.75, 3.05) is 0 Å². The Morgan fingerprint density at radius 1 is 1.60 bits per heavy atom. The first-order valence-corrected chi connectivity index (χ1v) is 5.39. The van der Waals surface area contributed by atoms with Crippen LogP contribution in [0.15, 0.2) is 12.4 Å². The van der Waals surface area contributed by atoms with E-state index >= 15 is 0 Å². The Morgan fingerprint density at radius 2 is 2.33 bits per heavy atom. The van der Waals surface area contributed by atoms with Crippen molar-refractivity contribution in [1.29, 1.82) is 0 Å². The highest BCUT2D eigenvalue weighted by molar-refractivity contribution is 5.09. The molecule has 1 N–H and O–H groups in total. The molecule has 0 bridgehead atoms. The van der Waals surface area contributed by atoms with Gasteiger partial charge in [-0.2, -0.15) is 5.10 Å². The van der Waals surface area contributed by atoms with Gasteiger partial charge in [0, 0.05) is 36.8 Å². The van der Waals surface area contributed by atoms with E-state index < -0.39 is 0 Å². The summed E-state index contributed by atoms with van der Waals surface area (Å²) in [6.07, 6.45) is 10.00. The lowest BCUT2D eigenvalue weighted by molar-refractivity contribution is 0.486. The number of nitrogens with one attached hydrogen (secondary N) is 1. The maximum Gasteiger partial charge on any atom is 0.0537 e. The van der Waals surface area contributed by atoms with Crippen LogP contribution in [0.1, 0.15) is 38.8 Å². The molecule has 0 aliphatic rings. The fourth-order valence-electron chi connectivity index (χ4n) is 1.53. The molecule has 0 radical (unpaired) electrons. The summed E-state index contributed by atoms with van der Waals surface area (Å²) < 4.78 is 1.93. The minimum absolute atomic E-state index is 0.300. The number of hydrogen-bond acceptors (Lipinski definition) is 2. The fourth-order valence-corrected chi connectivity index (χ4v) is 1.53. The minimum atomic E-state index is 0.300. The second-order valence-corrected chi connectivity index (χ2v) is 3.83. The molecular formula is C12H19N3. The molecule has 0 fully saturated rings. The van der Waals surface area contributed by atoms with Gasteiger partial charge in [-0.3, -0.25) is 4.68 Å². The second kappa shape index (κ2) is 5.57. The Hall–Kier alpha value is -1.27. The van der Waals surface area contributed by atoms with Crippen molar-refractivity contribution in [2.24, 2.45) is 0 Å². The van der Waals surface area contributed by atoms with Crippen molar-refractivity contribution in [2.45, 2.75) is 45.8 Å². The quantitative estimate of drug-likeness (QED) is 0.745. The van der Waals surface area contributed by atoms with E-state index in [1.165, 1.54) is 5.56 Å². The lowest BCUT2D eigenvalue weighted by atomic mass is 10.1. The van der Waals surface area contributed by atoms with E-state index in [-0.39, 0.29) is 0 Å². The number of aryl methyl sites for hydroxylation is 1. The van der Waals surface area contributed by atoms with Crippen molar-refractivity contribution in [3.05, 3.63) is 18.0 Å². The summed E-state index contributed by atoms with van der Waals surface area (Å²) in [5, 5.41) is 7.68. The van der Waals surface area contributed by atoms with Gasteiger partial charge in [0.25, 0.3) is 0 Å². The first-order valence-electron chi connectivity index (χ1n) is 5.39. The molecule has 3 heteroatoms. The molecule has 2 unspecified atom stereocenters. The van der Waals surface area contributed by atoms with Crippen LogP contribution in [0.5, 0.6) is 0 Å². The zero-order chi connectivity index (χ0) is 11.3. The molecule has 82 valence electrons. The number of hydrogen-bond donors (Lipinski definition) is 1. The Morgan fingerprint density at radius 3 is 2.87 bits per heavy atom. The predicted octanol–water partition coefficient (Wildman–Crippen LogP) is 1.97. The average Bonchev–Trinajstić information content (AvgIpc) is 2.66. The summed E-state index contributed by atoms with van der Waals surface area (Å²) in [7, 11) is 0. The Labute approximate surface area is 91.9 Å². The van der Waals surface area contributed by atoms with E-state index in [0.717, 1.165) is 13.0 Å². The lowest BCUT2D eigenvalue weighted by Crippen LogP contribution is -2.28. The zero-order valence-electron chi connectivity index (χ0n) is 9.70. The highest BCUT2D eigenvalue weighted by atomic mass is 15.3. The molecule has 1 rings (SSSR count). The summed E-state index contributed by atoms with van der Waals surface area (Å²) in [4.78, 5) is 0. The van der Waals surface area contributed by atoms with Gasteiger partial charge in [0.2, 0.25) is 0 Å². The summed E-state index contributed by atoms with van der Waals surface area (Å²) >= 11 is 0. The molecule has 0 aliphatic heterocycles. The van der Waals surface area contributed by atoms with Gasteiger partial charge in [-0.05, 0) is 20.8 Å². The van der Waals surface area contributed by atoms with Gasteiger partial charge in [-0.25, -0.2) is 0 Å². The average molecular weight is 205 g/mol. The normalized spacial score (nSPS) is 14.5. The molecule has 0 spiro atoms. The third kappa shape index (κ3) is 3.41. The molecule has 0 saturated carbocycles. The Kier molecular flexibility index (Phi) is 4.38. The van der Waals surface area contributed by atoms with Gasteiger partial charge in [-0.15, -0.1) is 12.3 Å². The molecule has 0 aliphatic carbocycles. The van der Waals surface area contributed by atoms with Crippen LogP contribution >= 0.6 is 0 Å². The monoisotopic (exact) mass is 205 g/mol. The molecule has 0 saturated heterocycles. The van der Waals surface area contributed by atoms with Gasteiger partial charge < -0.3 is 5.32 Å². The van der Waals surface area contributed by atoms with Crippen LogP contribution in [0.3, 0.4) is 0 Å². The predicted molar refractivity (Wildman–Crippen MR) is 62.4 cm³/mol. The molecule has 3 nitrogen and oxygen atoms in total. The summed E-state index contributed by atoms with van der Waals surface area (Å²) in [6, 6.07) is 0.642. The molecule has 1 heterocycles. The van der Waals surface area contributed by atoms with E-state index in [9.17, 15) is 0 Å². The number of nitrogens with zero attached hydrogens (tertiary/aromatic N) is 2. The first-order chi connectivity index (χ1) is 7.17. The van der Waals surface area contributed by atoms with Crippen molar-refractivity contribution < 1.29 is 0 Å². The maximum atomic E-state index is 5.26. The largest absolute Gasteiger partial charge is 0.307 e. The maximum absolute atomic E-state index is 5.26. The standard InChI is InChI=1S/C12H19N3/c1-5-7-10(3)14-11(4)12-8-13-15(6-2)9-12/h1,8-11,14H,6-7H2,2-4H3. The van der Waals surface area contributed by atoms with Crippen molar-refractivity contribution >= 4 is 0 Å². The van der Waals surface area contributed by atoms with Crippen molar-refractivity contribution in [1.82, 2.24) is 15.1 Å². The van der Waals surface area contributed by atoms with Crippen LogP contribution in [0, 0.1) is 12.3 Å². The van der Waals surface area contributed by atoms with Gasteiger partial charge >= 0.3 is 0 Å². The minimum Gasteiger partial charge on any atom is -0.307 e. The number of rotatable bonds is 5. The Bertz CT molecular complexity index is 335. The summed E-state index contributed by atoms with van der Waals surface area (Å²) in [5.74, 6) is 2.66. The van der Waals surface area contributed by atoms with Gasteiger partial charge in [0.05, 0.1) is 6.20 Å². The summed E-state index contributed by atoms with van der Waals surface area (Å²) in [5.41, 5.74) is 1.21. The third-order valence-corrected chi connectivity index (χ3v) is 2.44. The zero-order valence-corrected chi connectivity index (χ0v) is 9.70. The first kappa shape index (κ1) is 11.8. The number of aromatic nitrogens is 2. The van der Waals surface area contributed by atoms with Gasteiger partial charge in [0.15, 0.2) is 0 Å². The van der Waals surface area contributed by atoms with Crippen molar-refractivity contribution in [3.63, 3.8) is 0 Å². The van der Waals surface area contributed by atoms with Crippen LogP contribution in [-0.2, 0) is 6.54 Å². The SMILES string of the molecule is C#CCC(C)NC(C)c1cnn(CC)c1. The lowest BCUT2D eigenvalue weighted by Gasteiger charge is -2.16. The van der Waals surface area contributed by atoms with Gasteiger partial charge in [0.1, 0.15) is 0 Å². The van der Waals surface area contributed by atoms with Crippen LogP contribution < -0.4 is 5.32 Å². The molecular weight excluding hydrogens is 186 g/mol. The highest BCUT2D eigenvalue weighted by Gasteiger charge is 2.10. The van der Waals surface area contributed by atoms with E-state index in [2.05, 4.69) is 43.3 Å². The van der Waals surface area contributed by atoms with E-state index in [1.807, 2.05) is 10.9 Å². The third-order valence-electron chi connectivity index (χ3n) is 2.44. The molecule has 15 heavy (non-hydrogen) atoms. The molecule has 0 aromatic carbocycles. The van der Waals surface area contributed by atoms with Gasteiger partial charge in [-0.1, -0.05) is 0 Å². The van der Waals surface area contributed by atoms with Crippen LogP contribution in [0.4, 0.5) is 0 Å². The molecule has 2 atom stereocenters. The van der Waals surface area contributed by atoms with E-state index in [1.54, 1.807) is 0 Å². The van der Waals surface area contributed by atoms with E-state index in [4.69, 9.17) is 6.42 Å². The topological polar surface area (TPSA) is 29.9 Å².